The monoisotopic (exact) mass is 324 g/mol. The molecular formula is C17H16N4O3. The highest BCUT2D eigenvalue weighted by atomic mass is 16.5. The zero-order valence-electron chi connectivity index (χ0n) is 13.0. The third-order valence-electron chi connectivity index (χ3n) is 3.34. The van der Waals surface area contributed by atoms with E-state index in [0.29, 0.717) is 5.75 Å². The summed E-state index contributed by atoms with van der Waals surface area (Å²) < 4.78 is 5.43. The SMILES string of the molecule is Cc1cc(C(=O)NNC(=O)COc2ccc3ccccc3c2)n[nH]1. The quantitative estimate of drug-likeness (QED) is 0.637. The van der Waals surface area contributed by atoms with Crippen LogP contribution in [0, 0.1) is 6.92 Å². The van der Waals surface area contributed by atoms with Gasteiger partial charge in [0.25, 0.3) is 11.8 Å². The van der Waals surface area contributed by atoms with Crippen LogP contribution in [-0.2, 0) is 4.79 Å². The molecule has 3 N–H and O–H groups in total. The molecule has 24 heavy (non-hydrogen) atoms. The summed E-state index contributed by atoms with van der Waals surface area (Å²) in [6, 6.07) is 15.0. The Hall–Kier alpha value is -3.35. The maximum Gasteiger partial charge on any atom is 0.290 e. The minimum Gasteiger partial charge on any atom is -0.484 e. The van der Waals surface area contributed by atoms with E-state index in [0.717, 1.165) is 16.5 Å². The number of H-pyrrole nitrogens is 1. The number of aromatic amines is 1. The van der Waals surface area contributed by atoms with Crippen LogP contribution in [0.3, 0.4) is 0 Å². The number of hydrogen-bond donors (Lipinski definition) is 3. The smallest absolute Gasteiger partial charge is 0.290 e. The van der Waals surface area contributed by atoms with E-state index in [1.165, 1.54) is 0 Å². The normalized spacial score (nSPS) is 10.4. The minimum atomic E-state index is -0.501. The van der Waals surface area contributed by atoms with E-state index in [-0.39, 0.29) is 12.3 Å². The Labute approximate surface area is 138 Å². The van der Waals surface area contributed by atoms with Gasteiger partial charge in [0, 0.05) is 5.69 Å². The summed E-state index contributed by atoms with van der Waals surface area (Å²) in [5, 5.41) is 8.57. The molecule has 3 rings (SSSR count). The van der Waals surface area contributed by atoms with Gasteiger partial charge < -0.3 is 4.74 Å². The second kappa shape index (κ2) is 6.82. The lowest BCUT2D eigenvalue weighted by Crippen LogP contribution is -2.44. The van der Waals surface area contributed by atoms with Gasteiger partial charge >= 0.3 is 0 Å². The number of hydrogen-bond acceptors (Lipinski definition) is 4. The highest BCUT2D eigenvalue weighted by Gasteiger charge is 2.10. The fourth-order valence-electron chi connectivity index (χ4n) is 2.17. The molecule has 0 bridgehead atoms. The Morgan fingerprint density at radius 1 is 1.08 bits per heavy atom. The van der Waals surface area contributed by atoms with Gasteiger partial charge in [0.15, 0.2) is 12.3 Å². The van der Waals surface area contributed by atoms with Gasteiger partial charge in [-0.3, -0.25) is 25.5 Å². The van der Waals surface area contributed by atoms with Crippen LogP contribution in [0.5, 0.6) is 5.75 Å². The first-order valence-electron chi connectivity index (χ1n) is 7.34. The van der Waals surface area contributed by atoms with Crippen molar-refractivity contribution in [1.29, 1.82) is 0 Å². The number of carbonyl (C=O) groups excluding carboxylic acids is 2. The van der Waals surface area contributed by atoms with Gasteiger partial charge in [0.05, 0.1) is 0 Å². The zero-order chi connectivity index (χ0) is 16.9. The van der Waals surface area contributed by atoms with Gasteiger partial charge in [-0.15, -0.1) is 0 Å². The lowest BCUT2D eigenvalue weighted by Gasteiger charge is -2.08. The molecule has 0 saturated carbocycles. The van der Waals surface area contributed by atoms with E-state index < -0.39 is 11.8 Å². The first-order valence-corrected chi connectivity index (χ1v) is 7.34. The summed E-state index contributed by atoms with van der Waals surface area (Å²) in [4.78, 5) is 23.5. The van der Waals surface area contributed by atoms with Crippen LogP contribution in [0.25, 0.3) is 10.8 Å². The molecule has 0 aliphatic heterocycles. The van der Waals surface area contributed by atoms with Crippen molar-refractivity contribution in [3.8, 4) is 5.75 Å². The molecule has 0 aliphatic rings. The fourth-order valence-corrected chi connectivity index (χ4v) is 2.17. The summed E-state index contributed by atoms with van der Waals surface area (Å²) in [5.74, 6) is -0.389. The van der Waals surface area contributed by atoms with Crippen molar-refractivity contribution in [3.05, 3.63) is 59.9 Å². The summed E-state index contributed by atoms with van der Waals surface area (Å²) in [7, 11) is 0. The number of nitrogens with one attached hydrogen (secondary N) is 3. The molecule has 2 aromatic carbocycles. The minimum absolute atomic E-state index is 0.197. The number of benzene rings is 2. The van der Waals surface area contributed by atoms with E-state index in [1.807, 2.05) is 36.4 Å². The van der Waals surface area contributed by atoms with E-state index in [2.05, 4.69) is 21.0 Å². The van der Waals surface area contributed by atoms with Crippen molar-refractivity contribution < 1.29 is 14.3 Å². The van der Waals surface area contributed by atoms with Gasteiger partial charge in [0.2, 0.25) is 0 Å². The number of amides is 2. The van der Waals surface area contributed by atoms with Crippen LogP contribution < -0.4 is 15.6 Å². The number of rotatable bonds is 4. The molecule has 0 aliphatic carbocycles. The number of carbonyl (C=O) groups is 2. The number of ether oxygens (including phenoxy) is 1. The molecule has 0 unspecified atom stereocenters. The summed E-state index contributed by atoms with van der Waals surface area (Å²) >= 11 is 0. The molecule has 7 heteroatoms. The predicted molar refractivity (Wildman–Crippen MR) is 88.4 cm³/mol. The van der Waals surface area contributed by atoms with Crippen molar-refractivity contribution in [2.24, 2.45) is 0 Å². The van der Waals surface area contributed by atoms with Crippen LogP contribution in [0.2, 0.25) is 0 Å². The molecular weight excluding hydrogens is 308 g/mol. The van der Waals surface area contributed by atoms with Crippen LogP contribution in [0.4, 0.5) is 0 Å². The zero-order valence-corrected chi connectivity index (χ0v) is 13.0. The van der Waals surface area contributed by atoms with Crippen LogP contribution in [0.1, 0.15) is 16.2 Å². The maximum atomic E-state index is 11.7. The van der Waals surface area contributed by atoms with E-state index in [9.17, 15) is 9.59 Å². The van der Waals surface area contributed by atoms with E-state index in [1.54, 1.807) is 19.1 Å². The van der Waals surface area contributed by atoms with E-state index >= 15 is 0 Å². The molecule has 0 radical (unpaired) electrons. The van der Waals surface area contributed by atoms with Crippen molar-refractivity contribution in [3.63, 3.8) is 0 Å². The lowest BCUT2D eigenvalue weighted by atomic mass is 10.1. The average Bonchev–Trinajstić information content (AvgIpc) is 3.04. The highest BCUT2D eigenvalue weighted by Crippen LogP contribution is 2.20. The Balaban J connectivity index is 1.50. The number of aryl methyl sites for hydroxylation is 1. The van der Waals surface area contributed by atoms with Crippen molar-refractivity contribution in [2.45, 2.75) is 6.92 Å². The number of nitrogens with zero attached hydrogens (tertiary/aromatic N) is 1. The Bertz CT molecular complexity index is 888. The predicted octanol–water partition coefficient (Wildman–Crippen LogP) is 1.71. The Kier molecular flexibility index (Phi) is 4.42. The number of aromatic nitrogens is 2. The first-order chi connectivity index (χ1) is 11.6. The standard InChI is InChI=1S/C17H16N4O3/c1-11-8-15(19-18-11)17(23)21-20-16(22)10-24-14-7-6-12-4-2-3-5-13(12)9-14/h2-9H,10H2,1H3,(H,18,19)(H,20,22)(H,21,23). The van der Waals surface area contributed by atoms with Gasteiger partial charge in [-0.1, -0.05) is 30.3 Å². The van der Waals surface area contributed by atoms with Crippen LogP contribution in [-0.4, -0.2) is 28.6 Å². The van der Waals surface area contributed by atoms with Crippen molar-refractivity contribution in [2.75, 3.05) is 6.61 Å². The van der Waals surface area contributed by atoms with Gasteiger partial charge in [0.1, 0.15) is 5.75 Å². The third-order valence-corrected chi connectivity index (χ3v) is 3.34. The highest BCUT2D eigenvalue weighted by molar-refractivity contribution is 5.93. The molecule has 2 amide bonds. The third kappa shape index (κ3) is 3.70. The van der Waals surface area contributed by atoms with E-state index in [4.69, 9.17) is 4.74 Å². The van der Waals surface area contributed by atoms with Crippen LogP contribution in [0.15, 0.2) is 48.5 Å². The summed E-state index contributed by atoms with van der Waals surface area (Å²) in [6.45, 7) is 1.57. The molecule has 0 saturated heterocycles. The summed E-state index contributed by atoms with van der Waals surface area (Å²) in [5.41, 5.74) is 5.51. The average molecular weight is 324 g/mol. The molecule has 0 fully saturated rings. The van der Waals surface area contributed by atoms with Crippen molar-refractivity contribution >= 4 is 22.6 Å². The van der Waals surface area contributed by atoms with Gasteiger partial charge in [-0.05, 0) is 35.9 Å². The lowest BCUT2D eigenvalue weighted by molar-refractivity contribution is -0.123. The molecule has 1 aromatic heterocycles. The Morgan fingerprint density at radius 2 is 1.88 bits per heavy atom. The molecule has 122 valence electrons. The Morgan fingerprint density at radius 3 is 2.62 bits per heavy atom. The molecule has 7 nitrogen and oxygen atoms in total. The second-order valence-electron chi connectivity index (χ2n) is 5.24. The molecule has 3 aromatic rings. The molecule has 0 spiro atoms. The first kappa shape index (κ1) is 15.5. The maximum absolute atomic E-state index is 11.7. The largest absolute Gasteiger partial charge is 0.484 e. The molecule has 0 atom stereocenters. The summed E-state index contributed by atoms with van der Waals surface area (Å²) in [6.07, 6.45) is 0. The van der Waals surface area contributed by atoms with Gasteiger partial charge in [-0.25, -0.2) is 0 Å². The topological polar surface area (TPSA) is 96.1 Å². The van der Waals surface area contributed by atoms with Crippen molar-refractivity contribution in [1.82, 2.24) is 21.0 Å². The number of fused-ring (bicyclic) bond motifs is 1. The second-order valence-corrected chi connectivity index (χ2v) is 5.24. The van der Waals surface area contributed by atoms with Crippen LogP contribution >= 0.6 is 0 Å². The fraction of sp³-hybridized carbons (Fsp3) is 0.118. The van der Waals surface area contributed by atoms with Gasteiger partial charge in [-0.2, -0.15) is 5.10 Å². The molecule has 1 heterocycles. The number of hydrazine groups is 1.